The van der Waals surface area contributed by atoms with Crippen LogP contribution < -0.4 is 5.73 Å². The molecule has 0 radical (unpaired) electrons. The highest BCUT2D eigenvalue weighted by Crippen LogP contribution is 2.28. The SMILES string of the molecule is CC(c1cc2cccnc2cc1F)n1cnc2ncc(-c3ccc(C(N)=O)c(F)c3)nc21. The maximum Gasteiger partial charge on any atom is 0.251 e. The third-order valence-corrected chi connectivity index (χ3v) is 5.40. The van der Waals surface area contributed by atoms with Crippen LogP contribution in [-0.4, -0.2) is 30.4 Å². The minimum atomic E-state index is -0.852. The molecule has 158 valence electrons. The molecular weight excluding hydrogens is 414 g/mol. The van der Waals surface area contributed by atoms with Crippen LogP contribution >= 0.6 is 0 Å². The molecule has 0 spiro atoms. The number of fused-ring (bicyclic) bond motifs is 2. The maximum absolute atomic E-state index is 14.9. The molecule has 1 amide bonds. The number of nitrogens with zero attached hydrogens (tertiary/aromatic N) is 5. The van der Waals surface area contributed by atoms with Crippen molar-refractivity contribution < 1.29 is 13.6 Å². The average Bonchev–Trinajstić information content (AvgIpc) is 3.21. The van der Waals surface area contributed by atoms with E-state index in [4.69, 9.17) is 5.73 Å². The number of primary amides is 1. The Hall–Kier alpha value is -4.27. The minimum absolute atomic E-state index is 0.206. The van der Waals surface area contributed by atoms with E-state index in [1.54, 1.807) is 35.3 Å². The number of carbonyl (C=O) groups excluding carboxylic acids is 1. The van der Waals surface area contributed by atoms with Crippen molar-refractivity contribution in [3.8, 4) is 11.3 Å². The van der Waals surface area contributed by atoms with Gasteiger partial charge in [0.05, 0.1) is 35.3 Å². The summed E-state index contributed by atoms with van der Waals surface area (Å²) in [7, 11) is 0. The fraction of sp³-hybridized carbons (Fsp3) is 0.0870. The molecule has 0 aliphatic rings. The number of nitrogens with two attached hydrogens (primary N) is 1. The van der Waals surface area contributed by atoms with E-state index >= 15 is 0 Å². The summed E-state index contributed by atoms with van der Waals surface area (Å²) in [6.07, 6.45) is 4.62. The number of carbonyl (C=O) groups is 1. The summed E-state index contributed by atoms with van der Waals surface area (Å²) in [5.74, 6) is -1.99. The molecule has 0 aliphatic heterocycles. The van der Waals surface area contributed by atoms with Gasteiger partial charge in [0.15, 0.2) is 11.3 Å². The van der Waals surface area contributed by atoms with Crippen LogP contribution in [0.15, 0.2) is 61.2 Å². The molecule has 1 unspecified atom stereocenters. The number of halogens is 2. The molecule has 7 nitrogen and oxygen atoms in total. The van der Waals surface area contributed by atoms with Crippen molar-refractivity contribution >= 4 is 28.1 Å². The quantitative estimate of drug-likeness (QED) is 0.464. The lowest BCUT2D eigenvalue weighted by molar-refractivity contribution is 0.0996. The first-order valence-corrected chi connectivity index (χ1v) is 9.76. The van der Waals surface area contributed by atoms with Gasteiger partial charge in [0, 0.05) is 28.8 Å². The maximum atomic E-state index is 14.9. The monoisotopic (exact) mass is 430 g/mol. The smallest absolute Gasteiger partial charge is 0.251 e. The van der Waals surface area contributed by atoms with Crippen molar-refractivity contribution in [1.82, 2.24) is 24.5 Å². The summed E-state index contributed by atoms with van der Waals surface area (Å²) >= 11 is 0. The largest absolute Gasteiger partial charge is 0.366 e. The Labute approximate surface area is 180 Å². The fourth-order valence-corrected chi connectivity index (χ4v) is 3.69. The molecule has 9 heteroatoms. The van der Waals surface area contributed by atoms with Gasteiger partial charge in [0.2, 0.25) is 0 Å². The predicted octanol–water partition coefficient (Wildman–Crippen LogP) is 4.03. The summed E-state index contributed by atoms with van der Waals surface area (Å²) in [5.41, 5.74) is 7.57. The Morgan fingerprint density at radius 3 is 2.69 bits per heavy atom. The molecular formula is C23H16F2N6O. The van der Waals surface area contributed by atoms with Crippen molar-refractivity contribution in [3.63, 3.8) is 0 Å². The Morgan fingerprint density at radius 1 is 1.06 bits per heavy atom. The summed E-state index contributed by atoms with van der Waals surface area (Å²) < 4.78 is 30.8. The third kappa shape index (κ3) is 3.24. The molecule has 3 aromatic heterocycles. The van der Waals surface area contributed by atoms with Crippen LogP contribution in [0.5, 0.6) is 0 Å². The first-order valence-electron chi connectivity index (χ1n) is 9.76. The second-order valence-corrected chi connectivity index (χ2v) is 7.36. The van der Waals surface area contributed by atoms with Gasteiger partial charge >= 0.3 is 0 Å². The van der Waals surface area contributed by atoms with Crippen molar-refractivity contribution in [1.29, 1.82) is 0 Å². The number of benzene rings is 2. The van der Waals surface area contributed by atoms with Crippen molar-refractivity contribution in [2.24, 2.45) is 5.73 Å². The second kappa shape index (κ2) is 7.45. The normalized spacial score (nSPS) is 12.3. The van der Waals surface area contributed by atoms with E-state index in [1.165, 1.54) is 24.4 Å². The molecule has 2 aromatic carbocycles. The van der Waals surface area contributed by atoms with Crippen LogP contribution in [0.3, 0.4) is 0 Å². The van der Waals surface area contributed by atoms with Crippen LogP contribution in [0.4, 0.5) is 8.78 Å². The number of imidazole rings is 1. The zero-order valence-electron chi connectivity index (χ0n) is 16.8. The Kier molecular flexibility index (Phi) is 4.58. The lowest BCUT2D eigenvalue weighted by Gasteiger charge is -2.16. The van der Waals surface area contributed by atoms with Crippen LogP contribution in [0.25, 0.3) is 33.5 Å². The van der Waals surface area contributed by atoms with Gasteiger partial charge in [-0.1, -0.05) is 12.1 Å². The molecule has 1 atom stereocenters. The molecule has 32 heavy (non-hydrogen) atoms. The number of rotatable bonds is 4. The molecule has 0 saturated heterocycles. The fourth-order valence-electron chi connectivity index (χ4n) is 3.69. The second-order valence-electron chi connectivity index (χ2n) is 7.36. The van der Waals surface area contributed by atoms with E-state index in [9.17, 15) is 13.6 Å². The molecule has 0 bridgehead atoms. The Bertz CT molecular complexity index is 1510. The Balaban J connectivity index is 1.59. The van der Waals surface area contributed by atoms with Crippen molar-refractivity contribution in [3.05, 3.63) is 83.9 Å². The lowest BCUT2D eigenvalue weighted by Crippen LogP contribution is -2.13. The molecule has 0 saturated carbocycles. The van der Waals surface area contributed by atoms with Gasteiger partial charge in [-0.25, -0.2) is 23.7 Å². The highest BCUT2D eigenvalue weighted by atomic mass is 19.1. The van der Waals surface area contributed by atoms with Gasteiger partial charge in [0.1, 0.15) is 11.6 Å². The van der Waals surface area contributed by atoms with E-state index in [1.807, 2.05) is 13.0 Å². The number of hydrogen-bond acceptors (Lipinski definition) is 5. The van der Waals surface area contributed by atoms with Crippen LogP contribution in [-0.2, 0) is 0 Å². The van der Waals surface area contributed by atoms with E-state index in [2.05, 4.69) is 19.9 Å². The number of aromatic nitrogens is 5. The summed E-state index contributed by atoms with van der Waals surface area (Å²) in [4.78, 5) is 28.6. The highest BCUT2D eigenvalue weighted by molar-refractivity contribution is 5.93. The highest BCUT2D eigenvalue weighted by Gasteiger charge is 2.19. The lowest BCUT2D eigenvalue weighted by atomic mass is 10.0. The summed E-state index contributed by atoms with van der Waals surface area (Å²) in [5, 5.41) is 0.817. The molecule has 0 fully saturated rings. The van der Waals surface area contributed by atoms with Crippen molar-refractivity contribution in [2.75, 3.05) is 0 Å². The van der Waals surface area contributed by atoms with E-state index in [-0.39, 0.29) is 5.56 Å². The van der Waals surface area contributed by atoms with Gasteiger partial charge in [-0.15, -0.1) is 0 Å². The number of pyridine rings is 1. The van der Waals surface area contributed by atoms with Crippen LogP contribution in [0.1, 0.15) is 28.9 Å². The molecule has 0 aliphatic carbocycles. The van der Waals surface area contributed by atoms with E-state index in [0.29, 0.717) is 33.6 Å². The van der Waals surface area contributed by atoms with Gasteiger partial charge in [-0.3, -0.25) is 9.78 Å². The Morgan fingerprint density at radius 2 is 1.91 bits per heavy atom. The molecule has 3 heterocycles. The topological polar surface area (TPSA) is 99.6 Å². The zero-order valence-corrected chi connectivity index (χ0v) is 16.8. The predicted molar refractivity (Wildman–Crippen MR) is 115 cm³/mol. The molecule has 5 aromatic rings. The standard InChI is InChI=1S/C23H16F2N6O/c1-12(16-7-13-3-2-6-27-19(13)9-18(16)25)31-11-29-22-23(31)30-20(10-28-22)14-4-5-15(21(26)32)17(24)8-14/h2-12H,1H3,(H2,26,32). The van der Waals surface area contributed by atoms with Gasteiger partial charge in [0.25, 0.3) is 5.91 Å². The van der Waals surface area contributed by atoms with Crippen molar-refractivity contribution in [2.45, 2.75) is 13.0 Å². The average molecular weight is 430 g/mol. The first-order chi connectivity index (χ1) is 15.4. The third-order valence-electron chi connectivity index (χ3n) is 5.40. The summed E-state index contributed by atoms with van der Waals surface area (Å²) in [6, 6.07) is 10.4. The van der Waals surface area contributed by atoms with Crippen LogP contribution in [0, 0.1) is 11.6 Å². The number of hydrogen-bond donors (Lipinski definition) is 1. The van der Waals surface area contributed by atoms with E-state index in [0.717, 1.165) is 5.39 Å². The minimum Gasteiger partial charge on any atom is -0.366 e. The van der Waals surface area contributed by atoms with Gasteiger partial charge in [-0.05, 0) is 31.2 Å². The van der Waals surface area contributed by atoms with Crippen LogP contribution in [0.2, 0.25) is 0 Å². The van der Waals surface area contributed by atoms with E-state index < -0.39 is 23.6 Å². The number of amides is 1. The first kappa shape index (κ1) is 19.7. The molecule has 2 N–H and O–H groups in total. The zero-order chi connectivity index (χ0) is 22.4. The van der Waals surface area contributed by atoms with Gasteiger partial charge < -0.3 is 10.3 Å². The summed E-state index contributed by atoms with van der Waals surface area (Å²) in [6.45, 7) is 1.83. The molecule has 5 rings (SSSR count). The van der Waals surface area contributed by atoms with Gasteiger partial charge in [-0.2, -0.15) is 0 Å².